The first-order chi connectivity index (χ1) is 13.0. The maximum Gasteiger partial charge on any atom is 0.425 e. The molecule has 2 fully saturated rings. The minimum absolute atomic E-state index is 0.0115. The molecule has 1 amide bonds. The summed E-state index contributed by atoms with van der Waals surface area (Å²) in [6.07, 6.45) is -1.83. The fourth-order valence-electron chi connectivity index (χ4n) is 4.12. The number of ether oxygens (including phenoxy) is 1. The maximum atomic E-state index is 13.1. The number of pyridine rings is 1. The van der Waals surface area contributed by atoms with Crippen LogP contribution in [0.1, 0.15) is 52.9 Å². The third-order valence-corrected chi connectivity index (χ3v) is 6.45. The third kappa shape index (κ3) is 3.83. The summed E-state index contributed by atoms with van der Waals surface area (Å²) in [6.45, 7) is 5.45. The molecule has 1 saturated heterocycles. The molecule has 1 atom stereocenters. The Morgan fingerprint density at radius 1 is 1.14 bits per heavy atom. The quantitative estimate of drug-likeness (QED) is 0.827. The molecule has 0 aromatic carbocycles. The zero-order chi connectivity index (χ0) is 20.7. The molecule has 0 radical (unpaired) electrons. The van der Waals surface area contributed by atoms with Crippen LogP contribution >= 0.6 is 0 Å². The van der Waals surface area contributed by atoms with Crippen molar-refractivity contribution in [3.8, 4) is 5.88 Å². The highest BCUT2D eigenvalue weighted by Crippen LogP contribution is 2.50. The number of carbonyl (C=O) groups is 1. The molecule has 2 aliphatic rings. The average Bonchev–Trinajstić information content (AvgIpc) is 2.94. The Morgan fingerprint density at radius 3 is 2.29 bits per heavy atom. The summed E-state index contributed by atoms with van der Waals surface area (Å²) in [5, 5.41) is 10.7. The van der Waals surface area contributed by atoms with E-state index in [9.17, 15) is 23.1 Å². The second-order valence-electron chi connectivity index (χ2n) is 8.40. The molecule has 1 spiro atoms. The van der Waals surface area contributed by atoms with Gasteiger partial charge in [0.05, 0.1) is 22.9 Å². The van der Waals surface area contributed by atoms with Crippen LogP contribution in [0.5, 0.6) is 5.88 Å². The maximum absolute atomic E-state index is 13.1. The topological polar surface area (TPSA) is 62.7 Å². The molecule has 1 aliphatic heterocycles. The monoisotopic (exact) mass is 400 g/mol. The van der Waals surface area contributed by atoms with Crippen molar-refractivity contribution in [2.75, 3.05) is 11.4 Å². The largest absolute Gasteiger partial charge is 0.465 e. The summed E-state index contributed by atoms with van der Waals surface area (Å²) in [7, 11) is 0. The van der Waals surface area contributed by atoms with E-state index in [-0.39, 0.29) is 17.7 Å². The van der Waals surface area contributed by atoms with Crippen LogP contribution in [0.15, 0.2) is 18.3 Å². The Kier molecular flexibility index (Phi) is 5.38. The Hall–Kier alpha value is -1.83. The van der Waals surface area contributed by atoms with Crippen LogP contribution < -0.4 is 9.64 Å². The summed E-state index contributed by atoms with van der Waals surface area (Å²) < 4.78 is 42.6. The number of anilines is 1. The van der Waals surface area contributed by atoms with Crippen molar-refractivity contribution in [2.45, 2.75) is 70.8 Å². The van der Waals surface area contributed by atoms with Gasteiger partial charge in [-0.3, -0.25) is 4.79 Å². The standard InChI is InChI=1S/C20H27F3N2O3/c1-13(2)19(27)8-6-18(7-9-19)10-11-25(17(18)26)15-4-5-16(24-12-15)28-14(3)20(21,22)23/h4-5,12-14,27H,6-11H2,1-3H3/t14-,18-,19+/m0/s1. The molecule has 2 heterocycles. The van der Waals surface area contributed by atoms with Gasteiger partial charge in [-0.15, -0.1) is 0 Å². The van der Waals surface area contributed by atoms with Gasteiger partial charge in [0.2, 0.25) is 11.8 Å². The van der Waals surface area contributed by atoms with Crippen LogP contribution in [0.25, 0.3) is 0 Å². The molecule has 0 bridgehead atoms. The number of amides is 1. The van der Waals surface area contributed by atoms with Crippen LogP contribution in [-0.4, -0.2) is 40.4 Å². The van der Waals surface area contributed by atoms with Gasteiger partial charge in [-0.2, -0.15) is 13.2 Å². The molecular formula is C20H27F3N2O3. The fourth-order valence-corrected chi connectivity index (χ4v) is 4.12. The molecule has 1 saturated carbocycles. The van der Waals surface area contributed by atoms with Gasteiger partial charge in [0, 0.05) is 12.6 Å². The first kappa shape index (κ1) is 20.9. The van der Waals surface area contributed by atoms with Crippen LogP contribution in [-0.2, 0) is 4.79 Å². The zero-order valence-corrected chi connectivity index (χ0v) is 16.4. The summed E-state index contributed by atoms with van der Waals surface area (Å²) in [5.41, 5.74) is -0.617. The Labute approximate surface area is 162 Å². The van der Waals surface area contributed by atoms with Crippen molar-refractivity contribution in [1.82, 2.24) is 4.98 Å². The highest BCUT2D eigenvalue weighted by Gasteiger charge is 2.52. The molecule has 1 aromatic heterocycles. The predicted molar refractivity (Wildman–Crippen MR) is 98.0 cm³/mol. The van der Waals surface area contributed by atoms with Gasteiger partial charge in [0.25, 0.3) is 0 Å². The van der Waals surface area contributed by atoms with E-state index in [2.05, 4.69) is 4.98 Å². The van der Waals surface area contributed by atoms with E-state index in [0.717, 1.165) is 6.92 Å². The summed E-state index contributed by atoms with van der Waals surface area (Å²) in [4.78, 5) is 18.7. The lowest BCUT2D eigenvalue weighted by molar-refractivity contribution is -0.189. The molecule has 1 aromatic rings. The minimum Gasteiger partial charge on any atom is -0.465 e. The van der Waals surface area contributed by atoms with E-state index < -0.39 is 23.3 Å². The van der Waals surface area contributed by atoms with Crippen LogP contribution in [0, 0.1) is 11.3 Å². The zero-order valence-electron chi connectivity index (χ0n) is 16.4. The van der Waals surface area contributed by atoms with E-state index in [1.54, 1.807) is 11.0 Å². The van der Waals surface area contributed by atoms with E-state index >= 15 is 0 Å². The third-order valence-electron chi connectivity index (χ3n) is 6.45. The molecule has 1 aliphatic carbocycles. The number of hydrogen-bond donors (Lipinski definition) is 1. The van der Waals surface area contributed by atoms with Gasteiger partial charge in [0.15, 0.2) is 6.10 Å². The Balaban J connectivity index is 1.67. The molecule has 156 valence electrons. The lowest BCUT2D eigenvalue weighted by Gasteiger charge is -2.43. The van der Waals surface area contributed by atoms with E-state index in [1.807, 2.05) is 13.8 Å². The number of nitrogens with zero attached hydrogens (tertiary/aromatic N) is 2. The number of carbonyl (C=O) groups excluding carboxylic acids is 1. The Morgan fingerprint density at radius 2 is 1.79 bits per heavy atom. The van der Waals surface area contributed by atoms with E-state index in [0.29, 0.717) is 44.3 Å². The van der Waals surface area contributed by atoms with Gasteiger partial charge in [0.1, 0.15) is 0 Å². The minimum atomic E-state index is -4.46. The first-order valence-electron chi connectivity index (χ1n) is 9.71. The highest BCUT2D eigenvalue weighted by molar-refractivity contribution is 5.99. The smallest absolute Gasteiger partial charge is 0.425 e. The first-order valence-corrected chi connectivity index (χ1v) is 9.71. The van der Waals surface area contributed by atoms with Crippen LogP contribution in [0.2, 0.25) is 0 Å². The highest BCUT2D eigenvalue weighted by atomic mass is 19.4. The van der Waals surface area contributed by atoms with Crippen molar-refractivity contribution in [2.24, 2.45) is 11.3 Å². The van der Waals surface area contributed by atoms with Gasteiger partial charge in [-0.1, -0.05) is 13.8 Å². The lowest BCUT2D eigenvalue weighted by atomic mass is 9.65. The number of aromatic nitrogens is 1. The van der Waals surface area contributed by atoms with Crippen molar-refractivity contribution in [3.05, 3.63) is 18.3 Å². The molecule has 8 heteroatoms. The lowest BCUT2D eigenvalue weighted by Crippen LogP contribution is -2.46. The second-order valence-corrected chi connectivity index (χ2v) is 8.40. The number of halogens is 3. The molecule has 3 rings (SSSR count). The van der Waals surface area contributed by atoms with Gasteiger partial charge < -0.3 is 14.7 Å². The molecule has 28 heavy (non-hydrogen) atoms. The van der Waals surface area contributed by atoms with Crippen LogP contribution in [0.4, 0.5) is 18.9 Å². The molecule has 1 N–H and O–H groups in total. The molecular weight excluding hydrogens is 373 g/mol. The van der Waals surface area contributed by atoms with Gasteiger partial charge in [-0.05, 0) is 51.0 Å². The fraction of sp³-hybridized carbons (Fsp3) is 0.700. The van der Waals surface area contributed by atoms with Gasteiger partial charge in [-0.25, -0.2) is 4.98 Å². The molecule has 5 nitrogen and oxygen atoms in total. The van der Waals surface area contributed by atoms with Gasteiger partial charge >= 0.3 is 6.18 Å². The van der Waals surface area contributed by atoms with E-state index in [4.69, 9.17) is 4.74 Å². The van der Waals surface area contributed by atoms with Crippen molar-refractivity contribution >= 4 is 11.6 Å². The average molecular weight is 400 g/mol. The van der Waals surface area contributed by atoms with Crippen molar-refractivity contribution in [3.63, 3.8) is 0 Å². The summed E-state index contributed by atoms with van der Waals surface area (Å²) in [5.74, 6) is 0.0281. The van der Waals surface area contributed by atoms with Crippen molar-refractivity contribution in [1.29, 1.82) is 0 Å². The SMILES string of the molecule is CC(C)[C@]1(O)CC[C@]2(CCN(c3ccc(O[C@@H](C)C(F)(F)F)nc3)C2=O)CC1. The summed E-state index contributed by atoms with van der Waals surface area (Å²) >= 11 is 0. The summed E-state index contributed by atoms with van der Waals surface area (Å²) in [6, 6.07) is 2.92. The normalized spacial score (nSPS) is 29.6. The van der Waals surface area contributed by atoms with Crippen molar-refractivity contribution < 1.29 is 27.8 Å². The number of rotatable bonds is 4. The second kappa shape index (κ2) is 7.21. The Bertz CT molecular complexity index is 710. The number of aliphatic hydroxyl groups is 1. The van der Waals surface area contributed by atoms with Crippen LogP contribution in [0.3, 0.4) is 0 Å². The van der Waals surface area contributed by atoms with E-state index in [1.165, 1.54) is 12.3 Å². The molecule has 0 unspecified atom stereocenters. The number of hydrogen-bond acceptors (Lipinski definition) is 4. The predicted octanol–water partition coefficient (Wildman–Crippen LogP) is 4.10. The number of alkyl halides is 3.